The van der Waals surface area contributed by atoms with E-state index < -0.39 is 6.04 Å². The van der Waals surface area contributed by atoms with Gasteiger partial charge in [-0.3, -0.25) is 14.5 Å². The largest absolute Gasteiger partial charge is 0.357 e. The van der Waals surface area contributed by atoms with Crippen molar-refractivity contribution in [2.24, 2.45) is 11.8 Å². The van der Waals surface area contributed by atoms with Crippen molar-refractivity contribution < 1.29 is 9.59 Å². The molecular weight excluding hydrogens is 242 g/mol. The molecule has 5 nitrogen and oxygen atoms in total. The van der Waals surface area contributed by atoms with Crippen LogP contribution in [-0.2, 0) is 9.59 Å². The van der Waals surface area contributed by atoms with E-state index in [1.807, 2.05) is 46.7 Å². The summed E-state index contributed by atoms with van der Waals surface area (Å²) >= 11 is 0. The molecule has 0 bridgehead atoms. The minimum atomic E-state index is -0.469. The molecule has 0 aromatic rings. The fraction of sp³-hybridized carbons (Fsp3) is 0.857. The number of hydrogen-bond acceptors (Lipinski definition) is 3. The van der Waals surface area contributed by atoms with E-state index in [9.17, 15) is 9.59 Å². The van der Waals surface area contributed by atoms with Gasteiger partial charge in [-0.1, -0.05) is 34.1 Å². The predicted molar refractivity (Wildman–Crippen MR) is 77.8 cm³/mol. The van der Waals surface area contributed by atoms with Gasteiger partial charge in [0.2, 0.25) is 11.8 Å². The van der Waals surface area contributed by atoms with Crippen molar-refractivity contribution in [3.8, 4) is 0 Å². The molecular formula is C14H29N3O2. The van der Waals surface area contributed by atoms with E-state index in [0.717, 1.165) is 6.42 Å². The second-order valence-electron chi connectivity index (χ2n) is 5.64. The SMILES string of the molecule is CC[C@H](C)[C@H](NC(=O)[C@H](C(C)C)N(C)C)C(=O)NC. The van der Waals surface area contributed by atoms with Crippen LogP contribution in [0, 0.1) is 11.8 Å². The van der Waals surface area contributed by atoms with E-state index in [2.05, 4.69) is 10.6 Å². The van der Waals surface area contributed by atoms with Crippen LogP contribution in [0.1, 0.15) is 34.1 Å². The lowest BCUT2D eigenvalue weighted by Gasteiger charge is -2.30. The molecule has 0 spiro atoms. The topological polar surface area (TPSA) is 61.4 Å². The smallest absolute Gasteiger partial charge is 0.242 e. The number of nitrogens with one attached hydrogen (secondary N) is 2. The van der Waals surface area contributed by atoms with Crippen LogP contribution >= 0.6 is 0 Å². The van der Waals surface area contributed by atoms with Gasteiger partial charge >= 0.3 is 0 Å². The molecule has 19 heavy (non-hydrogen) atoms. The first-order valence-corrected chi connectivity index (χ1v) is 6.94. The van der Waals surface area contributed by atoms with Crippen LogP contribution in [0.15, 0.2) is 0 Å². The molecule has 0 rings (SSSR count). The number of carbonyl (C=O) groups excluding carboxylic acids is 2. The maximum atomic E-state index is 12.3. The summed E-state index contributed by atoms with van der Waals surface area (Å²) in [4.78, 5) is 26.1. The lowest BCUT2D eigenvalue weighted by Crippen LogP contribution is -2.55. The lowest BCUT2D eigenvalue weighted by atomic mass is 9.96. The average Bonchev–Trinajstić information content (AvgIpc) is 2.33. The molecule has 0 saturated heterocycles. The molecule has 0 heterocycles. The fourth-order valence-corrected chi connectivity index (χ4v) is 2.23. The van der Waals surface area contributed by atoms with Crippen LogP contribution < -0.4 is 10.6 Å². The van der Waals surface area contributed by atoms with Crippen molar-refractivity contribution in [2.45, 2.75) is 46.2 Å². The second-order valence-corrected chi connectivity index (χ2v) is 5.64. The molecule has 3 atom stereocenters. The first-order chi connectivity index (χ1) is 8.76. The third kappa shape index (κ3) is 5.19. The van der Waals surface area contributed by atoms with Crippen LogP contribution in [0.25, 0.3) is 0 Å². The van der Waals surface area contributed by atoms with E-state index in [1.54, 1.807) is 7.05 Å². The highest BCUT2D eigenvalue weighted by molar-refractivity contribution is 5.89. The Hall–Kier alpha value is -1.10. The summed E-state index contributed by atoms with van der Waals surface area (Å²) in [5.41, 5.74) is 0. The van der Waals surface area contributed by atoms with Crippen molar-refractivity contribution in [2.75, 3.05) is 21.1 Å². The van der Waals surface area contributed by atoms with Crippen LogP contribution in [0.3, 0.4) is 0 Å². The van der Waals surface area contributed by atoms with Gasteiger partial charge in [0.05, 0.1) is 6.04 Å². The minimum absolute atomic E-state index is 0.0890. The van der Waals surface area contributed by atoms with E-state index in [1.165, 1.54) is 0 Å². The van der Waals surface area contributed by atoms with Gasteiger partial charge in [0.25, 0.3) is 0 Å². The second kappa shape index (κ2) is 8.15. The highest BCUT2D eigenvalue weighted by Gasteiger charge is 2.30. The zero-order valence-corrected chi connectivity index (χ0v) is 13.3. The molecule has 0 aliphatic rings. The van der Waals surface area contributed by atoms with Crippen LogP contribution in [0.5, 0.6) is 0 Å². The lowest BCUT2D eigenvalue weighted by molar-refractivity contribution is -0.133. The maximum Gasteiger partial charge on any atom is 0.242 e. The number of amides is 2. The van der Waals surface area contributed by atoms with Gasteiger partial charge in [-0.2, -0.15) is 0 Å². The number of nitrogens with zero attached hydrogens (tertiary/aromatic N) is 1. The van der Waals surface area contributed by atoms with Crippen LogP contribution in [0.4, 0.5) is 0 Å². The molecule has 0 aliphatic carbocycles. The first kappa shape index (κ1) is 17.9. The molecule has 0 radical (unpaired) electrons. The average molecular weight is 271 g/mol. The van der Waals surface area contributed by atoms with E-state index in [-0.39, 0.29) is 29.7 Å². The predicted octanol–water partition coefficient (Wildman–Crippen LogP) is 0.850. The summed E-state index contributed by atoms with van der Waals surface area (Å²) in [6, 6.07) is -0.695. The van der Waals surface area contributed by atoms with Gasteiger partial charge in [0.15, 0.2) is 0 Å². The quantitative estimate of drug-likeness (QED) is 0.721. The summed E-state index contributed by atoms with van der Waals surface area (Å²) in [6.07, 6.45) is 0.840. The molecule has 0 saturated carbocycles. The highest BCUT2D eigenvalue weighted by Crippen LogP contribution is 2.12. The molecule has 112 valence electrons. The minimum Gasteiger partial charge on any atom is -0.357 e. The van der Waals surface area contributed by atoms with Crippen LogP contribution in [0.2, 0.25) is 0 Å². The van der Waals surface area contributed by atoms with Crippen molar-refractivity contribution in [1.82, 2.24) is 15.5 Å². The Labute approximate surface area is 117 Å². The molecule has 0 unspecified atom stereocenters. The van der Waals surface area contributed by atoms with Crippen molar-refractivity contribution >= 4 is 11.8 Å². The molecule has 0 fully saturated rings. The fourth-order valence-electron chi connectivity index (χ4n) is 2.23. The van der Waals surface area contributed by atoms with E-state index in [4.69, 9.17) is 0 Å². The Morgan fingerprint density at radius 1 is 1.11 bits per heavy atom. The molecule has 0 aromatic carbocycles. The van der Waals surface area contributed by atoms with Crippen molar-refractivity contribution in [3.63, 3.8) is 0 Å². The van der Waals surface area contributed by atoms with Gasteiger partial charge < -0.3 is 10.6 Å². The van der Waals surface area contributed by atoms with E-state index >= 15 is 0 Å². The Bertz CT molecular complexity index is 295. The Morgan fingerprint density at radius 2 is 1.63 bits per heavy atom. The Balaban J connectivity index is 4.93. The summed E-state index contributed by atoms with van der Waals surface area (Å²) in [5.74, 6) is 0.0778. The van der Waals surface area contributed by atoms with E-state index in [0.29, 0.717) is 0 Å². The molecule has 2 amide bonds. The third-order valence-electron chi connectivity index (χ3n) is 3.50. The normalized spacial score (nSPS) is 16.1. The zero-order valence-electron chi connectivity index (χ0n) is 13.3. The number of carbonyl (C=O) groups is 2. The zero-order chi connectivity index (χ0) is 15.2. The van der Waals surface area contributed by atoms with Gasteiger partial charge in [0, 0.05) is 7.05 Å². The standard InChI is InChI=1S/C14H29N3O2/c1-8-10(4)11(13(18)15-5)16-14(19)12(9(2)3)17(6)7/h9-12H,8H2,1-7H3,(H,15,18)(H,16,19)/t10-,11-,12-/m0/s1. The van der Waals surface area contributed by atoms with Crippen LogP contribution in [-0.4, -0.2) is 49.9 Å². The summed E-state index contributed by atoms with van der Waals surface area (Å²) in [6.45, 7) is 7.99. The van der Waals surface area contributed by atoms with Gasteiger partial charge in [-0.15, -0.1) is 0 Å². The van der Waals surface area contributed by atoms with Gasteiger partial charge in [-0.05, 0) is 25.9 Å². The van der Waals surface area contributed by atoms with Gasteiger partial charge in [-0.25, -0.2) is 0 Å². The highest BCUT2D eigenvalue weighted by atomic mass is 16.2. The number of rotatable bonds is 7. The number of hydrogen-bond donors (Lipinski definition) is 2. The Morgan fingerprint density at radius 3 is 1.95 bits per heavy atom. The maximum absolute atomic E-state index is 12.3. The summed E-state index contributed by atoms with van der Waals surface area (Å²) < 4.78 is 0. The third-order valence-corrected chi connectivity index (χ3v) is 3.50. The molecule has 0 aromatic heterocycles. The first-order valence-electron chi connectivity index (χ1n) is 6.94. The number of likely N-dealkylation sites (N-methyl/N-ethyl adjacent to an activating group) is 2. The summed E-state index contributed by atoms with van der Waals surface area (Å²) in [7, 11) is 5.35. The molecule has 5 heteroatoms. The molecule has 0 aliphatic heterocycles. The van der Waals surface area contributed by atoms with Crippen molar-refractivity contribution in [3.05, 3.63) is 0 Å². The Kier molecular flexibility index (Phi) is 7.68. The molecule has 2 N–H and O–H groups in total. The monoisotopic (exact) mass is 271 g/mol. The van der Waals surface area contributed by atoms with Gasteiger partial charge in [0.1, 0.15) is 6.04 Å². The summed E-state index contributed by atoms with van der Waals surface area (Å²) in [5, 5.41) is 5.50. The van der Waals surface area contributed by atoms with Crippen molar-refractivity contribution in [1.29, 1.82) is 0 Å².